The quantitative estimate of drug-likeness (QED) is 0.916. The Morgan fingerprint density at radius 1 is 1.26 bits per heavy atom. The van der Waals surface area contributed by atoms with E-state index in [4.69, 9.17) is 0 Å². The topological polar surface area (TPSA) is 53.9 Å². The minimum atomic E-state index is 0.792. The molecule has 0 aromatic carbocycles. The summed E-state index contributed by atoms with van der Waals surface area (Å²) in [5.41, 5.74) is 1.26. The van der Waals surface area contributed by atoms with E-state index in [-0.39, 0.29) is 0 Å². The Balaban J connectivity index is 2.06. The van der Waals surface area contributed by atoms with Crippen LogP contribution in [0.25, 0.3) is 0 Å². The van der Waals surface area contributed by atoms with Crippen molar-refractivity contribution in [2.75, 3.05) is 30.9 Å². The fourth-order valence-electron chi connectivity index (χ4n) is 1.75. The molecule has 1 N–H and O–H groups in total. The van der Waals surface area contributed by atoms with E-state index in [1.54, 1.807) is 6.33 Å². The van der Waals surface area contributed by atoms with Crippen molar-refractivity contribution in [2.24, 2.45) is 0 Å². The molecule has 0 fully saturated rings. The molecule has 0 bridgehead atoms. The maximum absolute atomic E-state index is 4.31. The third-order valence-electron chi connectivity index (χ3n) is 2.85. The summed E-state index contributed by atoms with van der Waals surface area (Å²) in [6, 6.07) is 4.06. The summed E-state index contributed by atoms with van der Waals surface area (Å²) in [6.45, 7) is 0.878. The lowest BCUT2D eigenvalue weighted by molar-refractivity contribution is 0.851. The maximum Gasteiger partial charge on any atom is 0.148 e. The number of hydrogen-bond acceptors (Lipinski definition) is 5. The van der Waals surface area contributed by atoms with Gasteiger partial charge in [0.1, 0.15) is 22.4 Å². The molecule has 0 atom stereocenters. The molecular weight excluding hydrogens is 306 g/mol. The zero-order valence-corrected chi connectivity index (χ0v) is 12.6. The predicted octanol–water partition coefficient (Wildman–Crippen LogP) is 2.35. The van der Waals surface area contributed by atoms with Gasteiger partial charge in [-0.15, -0.1) is 0 Å². The zero-order chi connectivity index (χ0) is 13.7. The van der Waals surface area contributed by atoms with E-state index in [9.17, 15) is 0 Å². The predicted molar refractivity (Wildman–Crippen MR) is 80.5 cm³/mol. The Morgan fingerprint density at radius 2 is 2.00 bits per heavy atom. The molecule has 2 rings (SSSR count). The summed E-state index contributed by atoms with van der Waals surface area (Å²) >= 11 is 3.53. The Hall–Kier alpha value is -1.69. The van der Waals surface area contributed by atoms with Crippen LogP contribution >= 0.6 is 15.9 Å². The van der Waals surface area contributed by atoms with Crippen LogP contribution in [0.3, 0.4) is 0 Å². The molecule has 0 amide bonds. The van der Waals surface area contributed by atoms with Crippen LogP contribution < -0.4 is 10.2 Å². The van der Waals surface area contributed by atoms with Crippen LogP contribution in [-0.2, 0) is 6.42 Å². The van der Waals surface area contributed by atoms with Gasteiger partial charge >= 0.3 is 0 Å². The molecule has 2 heterocycles. The van der Waals surface area contributed by atoms with Crippen LogP contribution in [-0.4, -0.2) is 35.6 Å². The highest BCUT2D eigenvalue weighted by atomic mass is 79.9. The van der Waals surface area contributed by atoms with E-state index in [2.05, 4.69) is 41.1 Å². The van der Waals surface area contributed by atoms with Crippen molar-refractivity contribution >= 4 is 27.6 Å². The number of nitrogens with zero attached hydrogens (tertiary/aromatic N) is 4. The van der Waals surface area contributed by atoms with Crippen molar-refractivity contribution in [1.82, 2.24) is 15.0 Å². The van der Waals surface area contributed by atoms with Gasteiger partial charge in [0.25, 0.3) is 0 Å². The van der Waals surface area contributed by atoms with Gasteiger partial charge in [0.15, 0.2) is 0 Å². The number of anilines is 2. The largest absolute Gasteiger partial charge is 0.372 e. The van der Waals surface area contributed by atoms with E-state index in [0.29, 0.717) is 0 Å². The third-order valence-corrected chi connectivity index (χ3v) is 3.58. The number of rotatable bonds is 5. The van der Waals surface area contributed by atoms with E-state index < -0.39 is 0 Å². The Bertz CT molecular complexity index is 532. The molecule has 5 nitrogen and oxygen atoms in total. The van der Waals surface area contributed by atoms with E-state index in [1.807, 2.05) is 38.6 Å². The number of halogens is 1. The molecule has 2 aromatic heterocycles. The Morgan fingerprint density at radius 3 is 2.68 bits per heavy atom. The van der Waals surface area contributed by atoms with E-state index in [0.717, 1.165) is 29.1 Å². The highest BCUT2D eigenvalue weighted by molar-refractivity contribution is 9.10. The summed E-state index contributed by atoms with van der Waals surface area (Å²) in [5, 5.41) is 3.03. The molecule has 0 spiro atoms. The van der Waals surface area contributed by atoms with E-state index >= 15 is 0 Å². The molecule has 19 heavy (non-hydrogen) atoms. The molecule has 100 valence electrons. The third kappa shape index (κ3) is 3.41. The lowest BCUT2D eigenvalue weighted by Gasteiger charge is -2.20. The summed E-state index contributed by atoms with van der Waals surface area (Å²) in [5.74, 6) is 1.68. The van der Waals surface area contributed by atoms with Gasteiger partial charge in [0.05, 0.1) is 0 Å². The summed E-state index contributed by atoms with van der Waals surface area (Å²) < 4.78 is 0.884. The summed E-state index contributed by atoms with van der Waals surface area (Å²) in [6.07, 6.45) is 6.14. The van der Waals surface area contributed by atoms with Crippen LogP contribution in [0.15, 0.2) is 35.3 Å². The molecule has 0 aliphatic heterocycles. The number of pyridine rings is 1. The van der Waals surface area contributed by atoms with Gasteiger partial charge < -0.3 is 10.2 Å². The van der Waals surface area contributed by atoms with Crippen molar-refractivity contribution in [1.29, 1.82) is 0 Å². The van der Waals surface area contributed by atoms with Crippen molar-refractivity contribution in [2.45, 2.75) is 6.42 Å². The molecule has 0 radical (unpaired) electrons. The first-order chi connectivity index (χ1) is 9.22. The normalized spacial score (nSPS) is 10.3. The van der Waals surface area contributed by atoms with Gasteiger partial charge in [-0.2, -0.15) is 0 Å². The number of hydrogen-bond donors (Lipinski definition) is 1. The van der Waals surface area contributed by atoms with Crippen molar-refractivity contribution in [3.05, 3.63) is 40.9 Å². The summed E-state index contributed by atoms with van der Waals surface area (Å²) in [7, 11) is 3.86. The maximum atomic E-state index is 4.31. The monoisotopic (exact) mass is 321 g/mol. The van der Waals surface area contributed by atoms with Gasteiger partial charge in [-0.05, 0) is 40.0 Å². The lowest BCUT2D eigenvalue weighted by atomic mass is 10.2. The smallest absolute Gasteiger partial charge is 0.148 e. The molecule has 0 saturated heterocycles. The van der Waals surface area contributed by atoms with Crippen LogP contribution in [0.4, 0.5) is 11.6 Å². The number of aromatic nitrogens is 3. The molecule has 2 aromatic rings. The molecule has 0 unspecified atom stereocenters. The average Bonchev–Trinajstić information content (AvgIpc) is 2.46. The van der Waals surface area contributed by atoms with Crippen LogP contribution in [0, 0.1) is 0 Å². The highest BCUT2D eigenvalue weighted by Crippen LogP contribution is 2.28. The zero-order valence-electron chi connectivity index (χ0n) is 11.0. The summed E-state index contributed by atoms with van der Waals surface area (Å²) in [4.78, 5) is 14.6. The van der Waals surface area contributed by atoms with Gasteiger partial charge in [-0.1, -0.05) is 0 Å². The standard InChI is InChI=1S/C13H16BrN5/c1-15-12-11(14)13(18-9-17-12)19(2)8-5-10-3-6-16-7-4-10/h3-4,6-7,9H,5,8H2,1-2H3,(H,15,17,18). The minimum absolute atomic E-state index is 0.792. The first-order valence-corrected chi connectivity index (χ1v) is 6.80. The SMILES string of the molecule is CNc1ncnc(N(C)CCc2ccncc2)c1Br. The first-order valence-electron chi connectivity index (χ1n) is 6.00. The fourth-order valence-corrected chi connectivity index (χ4v) is 2.46. The van der Waals surface area contributed by atoms with Crippen LogP contribution in [0.1, 0.15) is 5.56 Å². The highest BCUT2D eigenvalue weighted by Gasteiger charge is 2.11. The lowest BCUT2D eigenvalue weighted by Crippen LogP contribution is -2.22. The molecule has 0 saturated carbocycles. The fraction of sp³-hybridized carbons (Fsp3) is 0.308. The average molecular weight is 322 g/mol. The van der Waals surface area contributed by atoms with Gasteiger partial charge in [-0.3, -0.25) is 4.98 Å². The molecule has 0 aliphatic carbocycles. The second kappa shape index (κ2) is 6.47. The second-order valence-electron chi connectivity index (χ2n) is 4.14. The van der Waals surface area contributed by atoms with Crippen molar-refractivity contribution in [3.8, 4) is 0 Å². The minimum Gasteiger partial charge on any atom is -0.372 e. The molecule has 0 aliphatic rings. The van der Waals surface area contributed by atoms with Crippen molar-refractivity contribution < 1.29 is 0 Å². The van der Waals surface area contributed by atoms with Crippen LogP contribution in [0.2, 0.25) is 0 Å². The van der Waals surface area contributed by atoms with Gasteiger partial charge in [0.2, 0.25) is 0 Å². The van der Waals surface area contributed by atoms with Crippen LogP contribution in [0.5, 0.6) is 0 Å². The Kier molecular flexibility index (Phi) is 4.68. The molecular formula is C13H16BrN5. The Labute approximate surface area is 121 Å². The number of likely N-dealkylation sites (N-methyl/N-ethyl adjacent to an activating group) is 1. The van der Waals surface area contributed by atoms with E-state index in [1.165, 1.54) is 5.56 Å². The van der Waals surface area contributed by atoms with Gasteiger partial charge in [0, 0.05) is 33.0 Å². The first kappa shape index (κ1) is 13.7. The van der Waals surface area contributed by atoms with Gasteiger partial charge in [-0.25, -0.2) is 9.97 Å². The van der Waals surface area contributed by atoms with Crippen molar-refractivity contribution in [3.63, 3.8) is 0 Å². The molecule has 6 heteroatoms. The second-order valence-corrected chi connectivity index (χ2v) is 4.93. The number of nitrogens with one attached hydrogen (secondary N) is 1.